The molecule has 0 aromatic carbocycles. The summed E-state index contributed by atoms with van der Waals surface area (Å²) in [4.78, 5) is 14.6. The van der Waals surface area contributed by atoms with Gasteiger partial charge in [0.25, 0.3) is 0 Å². The van der Waals surface area contributed by atoms with Crippen molar-refractivity contribution in [2.75, 3.05) is 26.8 Å². The summed E-state index contributed by atoms with van der Waals surface area (Å²) in [6, 6.07) is 0.669. The second-order valence-corrected chi connectivity index (χ2v) is 6.44. The molecule has 4 heteroatoms. The third kappa shape index (κ3) is 2.91. The van der Waals surface area contributed by atoms with Crippen LogP contribution in [0.1, 0.15) is 38.5 Å². The van der Waals surface area contributed by atoms with Gasteiger partial charge in [-0.3, -0.25) is 4.79 Å². The van der Waals surface area contributed by atoms with Gasteiger partial charge in [-0.2, -0.15) is 0 Å². The Kier molecular flexibility index (Phi) is 4.41. The summed E-state index contributed by atoms with van der Waals surface area (Å²) in [5.41, 5.74) is 1.32. The quantitative estimate of drug-likeness (QED) is 0.799. The van der Waals surface area contributed by atoms with E-state index in [1.54, 1.807) is 7.11 Å². The highest BCUT2D eigenvalue weighted by Gasteiger charge is 2.39. The fourth-order valence-electron chi connectivity index (χ4n) is 3.96. The van der Waals surface area contributed by atoms with E-state index >= 15 is 0 Å². The number of fused-ring (bicyclic) bond motifs is 1. The lowest BCUT2D eigenvalue weighted by Gasteiger charge is -2.29. The van der Waals surface area contributed by atoms with E-state index in [1.165, 1.54) is 31.3 Å². The number of nitrogens with zero attached hydrogens (tertiary/aromatic N) is 1. The van der Waals surface area contributed by atoms with E-state index in [4.69, 9.17) is 4.74 Å². The molecule has 3 aliphatic rings. The van der Waals surface area contributed by atoms with E-state index in [-0.39, 0.29) is 6.04 Å². The Hall–Kier alpha value is -0.870. The summed E-state index contributed by atoms with van der Waals surface area (Å²) < 4.78 is 5.16. The zero-order valence-corrected chi connectivity index (χ0v) is 12.4. The number of ether oxygens (including phenoxy) is 1. The molecule has 0 spiro atoms. The Labute approximate surface area is 121 Å². The monoisotopic (exact) mass is 278 g/mol. The van der Waals surface area contributed by atoms with Gasteiger partial charge in [0.2, 0.25) is 5.91 Å². The molecule has 2 fully saturated rings. The first-order valence-corrected chi connectivity index (χ1v) is 7.99. The maximum absolute atomic E-state index is 12.6. The van der Waals surface area contributed by atoms with Crippen molar-refractivity contribution in [3.8, 4) is 0 Å². The van der Waals surface area contributed by atoms with Gasteiger partial charge in [-0.05, 0) is 37.2 Å². The van der Waals surface area contributed by atoms with Crippen molar-refractivity contribution in [1.82, 2.24) is 10.2 Å². The number of hydrogen-bond donors (Lipinski definition) is 1. The van der Waals surface area contributed by atoms with Gasteiger partial charge >= 0.3 is 0 Å². The zero-order chi connectivity index (χ0) is 13.9. The molecule has 1 N–H and O–H groups in total. The molecule has 4 nitrogen and oxygen atoms in total. The molecular weight excluding hydrogens is 252 g/mol. The van der Waals surface area contributed by atoms with Crippen molar-refractivity contribution >= 4 is 5.91 Å². The molecule has 0 aromatic heterocycles. The van der Waals surface area contributed by atoms with E-state index in [1.807, 2.05) is 4.90 Å². The highest BCUT2D eigenvalue weighted by Crippen LogP contribution is 2.33. The van der Waals surface area contributed by atoms with Crippen LogP contribution in [0.5, 0.6) is 0 Å². The van der Waals surface area contributed by atoms with E-state index in [0.717, 1.165) is 31.8 Å². The Bertz CT molecular complexity index is 380. The molecule has 112 valence electrons. The van der Waals surface area contributed by atoms with Crippen molar-refractivity contribution in [2.24, 2.45) is 5.92 Å². The van der Waals surface area contributed by atoms with E-state index in [0.29, 0.717) is 18.6 Å². The Morgan fingerprint density at radius 1 is 1.45 bits per heavy atom. The van der Waals surface area contributed by atoms with Crippen LogP contribution in [0.25, 0.3) is 0 Å². The molecule has 0 bridgehead atoms. The predicted octanol–water partition coefficient (Wildman–Crippen LogP) is 1.71. The van der Waals surface area contributed by atoms with E-state index < -0.39 is 0 Å². The lowest BCUT2D eigenvalue weighted by Crippen LogP contribution is -2.47. The SMILES string of the molecule is COCC1=CCN(C(=O)C2CC3CCCCC3N2)CC1. The standard InChI is InChI=1S/C16H26N2O2/c1-20-11-12-6-8-18(9-7-12)16(19)15-10-13-4-2-3-5-14(13)17-15/h6,13-15,17H,2-5,7-11H2,1H3. The van der Waals surface area contributed by atoms with Crippen LogP contribution in [0.4, 0.5) is 0 Å². The molecule has 1 saturated carbocycles. The smallest absolute Gasteiger partial charge is 0.240 e. The molecule has 1 saturated heterocycles. The molecule has 0 radical (unpaired) electrons. The highest BCUT2D eigenvalue weighted by molar-refractivity contribution is 5.82. The summed E-state index contributed by atoms with van der Waals surface area (Å²) in [7, 11) is 1.72. The van der Waals surface area contributed by atoms with Crippen molar-refractivity contribution in [2.45, 2.75) is 50.6 Å². The molecule has 3 atom stereocenters. The van der Waals surface area contributed by atoms with Crippen LogP contribution >= 0.6 is 0 Å². The van der Waals surface area contributed by atoms with Crippen LogP contribution in [0, 0.1) is 5.92 Å². The predicted molar refractivity (Wildman–Crippen MR) is 78.4 cm³/mol. The first kappa shape index (κ1) is 14.1. The minimum atomic E-state index is 0.0699. The minimum Gasteiger partial charge on any atom is -0.380 e. The van der Waals surface area contributed by atoms with E-state index in [2.05, 4.69) is 11.4 Å². The number of carbonyl (C=O) groups excluding carboxylic acids is 1. The lowest BCUT2D eigenvalue weighted by atomic mass is 9.85. The minimum absolute atomic E-state index is 0.0699. The number of methoxy groups -OCH3 is 1. The molecule has 3 unspecified atom stereocenters. The molecular formula is C16H26N2O2. The van der Waals surface area contributed by atoms with Crippen molar-refractivity contribution in [3.05, 3.63) is 11.6 Å². The molecule has 3 rings (SSSR count). The number of nitrogens with one attached hydrogen (secondary N) is 1. The number of carbonyl (C=O) groups is 1. The second-order valence-electron chi connectivity index (χ2n) is 6.44. The van der Waals surface area contributed by atoms with E-state index in [9.17, 15) is 4.79 Å². The van der Waals surface area contributed by atoms with Crippen LogP contribution in [0.2, 0.25) is 0 Å². The van der Waals surface area contributed by atoms with Crippen molar-refractivity contribution < 1.29 is 9.53 Å². The number of hydrogen-bond acceptors (Lipinski definition) is 3. The van der Waals surface area contributed by atoms with Gasteiger partial charge in [-0.15, -0.1) is 0 Å². The van der Waals surface area contributed by atoms with Crippen LogP contribution < -0.4 is 5.32 Å². The van der Waals surface area contributed by atoms with Crippen molar-refractivity contribution in [1.29, 1.82) is 0 Å². The normalized spacial score (nSPS) is 33.8. The van der Waals surface area contributed by atoms with Gasteiger partial charge in [0.15, 0.2) is 0 Å². The fourth-order valence-corrected chi connectivity index (χ4v) is 3.96. The summed E-state index contributed by atoms with van der Waals surface area (Å²) in [5, 5.41) is 3.59. The third-order valence-electron chi connectivity index (χ3n) is 5.11. The maximum Gasteiger partial charge on any atom is 0.240 e. The molecule has 1 amide bonds. The number of rotatable bonds is 3. The highest BCUT2D eigenvalue weighted by atomic mass is 16.5. The first-order valence-electron chi connectivity index (χ1n) is 7.99. The average Bonchev–Trinajstić information content (AvgIpc) is 2.91. The van der Waals surface area contributed by atoms with Crippen LogP contribution in [0.15, 0.2) is 11.6 Å². The molecule has 2 heterocycles. The summed E-state index contributed by atoms with van der Waals surface area (Å²) in [6.07, 6.45) is 9.39. The Morgan fingerprint density at radius 2 is 2.30 bits per heavy atom. The van der Waals surface area contributed by atoms with Crippen LogP contribution in [0.3, 0.4) is 0 Å². The Balaban J connectivity index is 1.55. The number of amides is 1. The van der Waals surface area contributed by atoms with Gasteiger partial charge in [-0.25, -0.2) is 0 Å². The molecule has 1 aliphatic carbocycles. The first-order chi connectivity index (χ1) is 9.78. The second kappa shape index (κ2) is 6.27. The fraction of sp³-hybridized carbons (Fsp3) is 0.812. The van der Waals surface area contributed by atoms with Gasteiger partial charge in [-0.1, -0.05) is 18.9 Å². The Morgan fingerprint density at radius 3 is 3.00 bits per heavy atom. The third-order valence-corrected chi connectivity index (χ3v) is 5.11. The maximum atomic E-state index is 12.6. The summed E-state index contributed by atoms with van der Waals surface area (Å²) in [5.74, 6) is 1.05. The largest absolute Gasteiger partial charge is 0.380 e. The summed E-state index contributed by atoms with van der Waals surface area (Å²) >= 11 is 0. The lowest BCUT2D eigenvalue weighted by molar-refractivity contribution is -0.132. The molecule has 0 aromatic rings. The van der Waals surface area contributed by atoms with Crippen LogP contribution in [-0.4, -0.2) is 49.7 Å². The summed E-state index contributed by atoms with van der Waals surface area (Å²) in [6.45, 7) is 2.31. The topological polar surface area (TPSA) is 41.6 Å². The van der Waals surface area contributed by atoms with Gasteiger partial charge in [0.1, 0.15) is 0 Å². The van der Waals surface area contributed by atoms with Gasteiger partial charge in [0, 0.05) is 26.2 Å². The molecule has 2 aliphatic heterocycles. The van der Waals surface area contributed by atoms with Crippen molar-refractivity contribution in [3.63, 3.8) is 0 Å². The zero-order valence-electron chi connectivity index (χ0n) is 12.4. The van der Waals surface area contributed by atoms with Gasteiger partial charge in [0.05, 0.1) is 12.6 Å². The van der Waals surface area contributed by atoms with Gasteiger partial charge < -0.3 is 15.0 Å². The van der Waals surface area contributed by atoms with Crippen LogP contribution in [-0.2, 0) is 9.53 Å². The average molecular weight is 278 g/mol. The molecule has 20 heavy (non-hydrogen) atoms.